The topological polar surface area (TPSA) is 123 Å². The van der Waals surface area contributed by atoms with E-state index in [4.69, 9.17) is 32.5 Å². The van der Waals surface area contributed by atoms with Crippen LogP contribution in [0.5, 0.6) is 0 Å². The Labute approximate surface area is 400 Å². The number of nitrogens with zero attached hydrogens (tertiary/aromatic N) is 8. The van der Waals surface area contributed by atoms with Crippen molar-refractivity contribution in [1.82, 2.24) is 38.3 Å². The lowest BCUT2D eigenvalue weighted by atomic mass is 9.82. The average molecular weight is 1130 g/mol. The molecule has 0 aliphatic carbocycles. The molecule has 0 spiro atoms. The SMILES string of the molecule is CC1(C)OB(c2cnn(CC(F)(F)C(F)(F)F)c2)OC1(C)C.Cc1cc2nc(C(F)(F)F)c(-c3cnn(CC(F)(F)C(F)(F)F)c3)c(=O)n2cc1Cl.Cc1cc2nc(C(F)(F)F)c(Br)c(=O)n2cc1Cl. The third kappa shape index (κ3) is 11.7. The van der Waals surface area contributed by atoms with Gasteiger partial charge in [0, 0.05) is 42.0 Å². The normalized spacial score (nSPS) is 15.5. The number of rotatable bonds is 6. The highest BCUT2D eigenvalue weighted by atomic mass is 79.9. The number of alkyl halides is 16. The number of hydrogen-bond donors (Lipinski definition) is 0. The Balaban J connectivity index is 0.000000203. The van der Waals surface area contributed by atoms with Crippen LogP contribution in [0.1, 0.15) is 50.2 Å². The van der Waals surface area contributed by atoms with Crippen LogP contribution in [-0.4, -0.2) is 80.8 Å². The third-order valence-electron chi connectivity index (χ3n) is 10.3. The number of aryl methyl sites for hydroxylation is 2. The highest BCUT2D eigenvalue weighted by molar-refractivity contribution is 9.10. The summed E-state index contributed by atoms with van der Waals surface area (Å²) in [6, 6.07) is 2.46. The van der Waals surface area contributed by atoms with Crippen molar-refractivity contribution in [3.05, 3.63) is 107 Å². The van der Waals surface area contributed by atoms with Crippen LogP contribution in [0.25, 0.3) is 22.4 Å². The fourth-order valence-electron chi connectivity index (χ4n) is 5.87. The molecule has 70 heavy (non-hydrogen) atoms. The van der Waals surface area contributed by atoms with Crippen molar-refractivity contribution in [2.24, 2.45) is 0 Å². The Morgan fingerprint density at radius 1 is 0.614 bits per heavy atom. The van der Waals surface area contributed by atoms with Crippen molar-refractivity contribution >= 4 is 63.0 Å². The van der Waals surface area contributed by atoms with Gasteiger partial charge >= 0.3 is 43.7 Å². The van der Waals surface area contributed by atoms with Gasteiger partial charge in [0.05, 0.1) is 33.0 Å². The van der Waals surface area contributed by atoms with Crippen molar-refractivity contribution < 1.29 is 79.6 Å². The molecule has 382 valence electrons. The third-order valence-corrected chi connectivity index (χ3v) is 11.9. The van der Waals surface area contributed by atoms with Gasteiger partial charge < -0.3 is 9.31 Å². The van der Waals surface area contributed by atoms with Crippen molar-refractivity contribution in [1.29, 1.82) is 0 Å². The molecule has 0 atom stereocenters. The molecule has 12 nitrogen and oxygen atoms in total. The smallest absolute Gasteiger partial charge is 0.399 e. The Morgan fingerprint density at radius 3 is 1.44 bits per heavy atom. The highest BCUT2D eigenvalue weighted by Crippen LogP contribution is 2.40. The number of hydrogen-bond acceptors (Lipinski definition) is 8. The van der Waals surface area contributed by atoms with E-state index in [0.29, 0.717) is 32.6 Å². The summed E-state index contributed by atoms with van der Waals surface area (Å²) in [5.41, 5.74) is -7.29. The summed E-state index contributed by atoms with van der Waals surface area (Å²) in [5, 5.41) is 7.08. The van der Waals surface area contributed by atoms with E-state index in [1.54, 1.807) is 34.6 Å². The monoisotopic (exact) mass is 1130 g/mol. The first-order chi connectivity index (χ1) is 31.6. The molecule has 0 radical (unpaired) electrons. The first-order valence-electron chi connectivity index (χ1n) is 19.1. The van der Waals surface area contributed by atoms with Crippen LogP contribution in [0.2, 0.25) is 10.0 Å². The molecule has 7 rings (SSSR count). The standard InChI is InChI=1S/C16H9ClF8N4O.C12H16BF5N2O2.C10H5BrClF3N2O/c1-7-2-10-27-12(15(20,21)22)11(13(30)29(10)5-9(7)17)8-3-26-28(4-8)6-14(18,19)16(23,24)25;1-9(2)10(3,4)22-13(21-9)8-5-19-20(6-8)7-11(14,15)12(16,17)18;1-4-2-6-16-8(10(13,14)15)7(11)9(18)17(6)3-5(4)12/h2-5H,6H2,1H3;5-6H,7H2,1-4H3;2-3H,1H3. The molecular formula is C38H30BBrCl2F16N8O4. The van der Waals surface area contributed by atoms with E-state index in [9.17, 15) is 79.8 Å². The second-order valence-electron chi connectivity index (χ2n) is 16.2. The van der Waals surface area contributed by atoms with Crippen LogP contribution >= 0.6 is 39.1 Å². The van der Waals surface area contributed by atoms with Gasteiger partial charge in [0.15, 0.2) is 11.4 Å². The van der Waals surface area contributed by atoms with Gasteiger partial charge in [-0.25, -0.2) is 9.97 Å². The zero-order chi connectivity index (χ0) is 53.3. The Kier molecular flexibility index (Phi) is 15.1. The van der Waals surface area contributed by atoms with E-state index >= 15 is 0 Å². The zero-order valence-corrected chi connectivity index (χ0v) is 39.1. The van der Waals surface area contributed by atoms with Gasteiger partial charge in [-0.2, -0.15) is 80.4 Å². The lowest BCUT2D eigenvalue weighted by Crippen LogP contribution is -2.41. The van der Waals surface area contributed by atoms with Gasteiger partial charge in [0.1, 0.15) is 28.9 Å². The second-order valence-corrected chi connectivity index (χ2v) is 17.8. The summed E-state index contributed by atoms with van der Waals surface area (Å²) < 4.78 is 218. The van der Waals surface area contributed by atoms with Crippen LogP contribution < -0.4 is 16.6 Å². The van der Waals surface area contributed by atoms with Gasteiger partial charge in [-0.15, -0.1) is 0 Å². The molecule has 0 N–H and O–H groups in total. The molecule has 7 heterocycles. The predicted molar refractivity (Wildman–Crippen MR) is 221 cm³/mol. The van der Waals surface area contributed by atoms with Crippen LogP contribution in [0.4, 0.5) is 70.2 Å². The molecule has 1 aliphatic heterocycles. The first kappa shape index (κ1) is 56.0. The molecular weight excluding hydrogens is 1100 g/mol. The van der Waals surface area contributed by atoms with Gasteiger partial charge in [-0.1, -0.05) is 23.2 Å². The maximum absolute atomic E-state index is 13.5. The predicted octanol–water partition coefficient (Wildman–Crippen LogP) is 10.6. The summed E-state index contributed by atoms with van der Waals surface area (Å²) in [4.78, 5) is 31.4. The molecule has 6 aromatic rings. The zero-order valence-electron chi connectivity index (χ0n) is 36.0. The van der Waals surface area contributed by atoms with E-state index in [0.717, 1.165) is 29.1 Å². The van der Waals surface area contributed by atoms with Crippen molar-refractivity contribution in [2.75, 3.05) is 0 Å². The maximum Gasteiger partial charge on any atom is 0.498 e. The minimum absolute atomic E-state index is 0.0395. The summed E-state index contributed by atoms with van der Waals surface area (Å²) in [6.45, 7) is 6.72. The van der Waals surface area contributed by atoms with E-state index in [-0.39, 0.29) is 31.5 Å². The van der Waals surface area contributed by atoms with Gasteiger partial charge in [0.2, 0.25) is 0 Å². The minimum Gasteiger partial charge on any atom is -0.399 e. The van der Waals surface area contributed by atoms with Crippen LogP contribution in [-0.2, 0) is 34.8 Å². The van der Waals surface area contributed by atoms with Crippen LogP contribution in [0, 0.1) is 13.8 Å². The molecule has 0 saturated carbocycles. The first-order valence-corrected chi connectivity index (χ1v) is 20.7. The lowest BCUT2D eigenvalue weighted by Gasteiger charge is -2.32. The van der Waals surface area contributed by atoms with Gasteiger partial charge in [0.25, 0.3) is 11.1 Å². The summed E-state index contributed by atoms with van der Waals surface area (Å²) in [6.07, 6.45) is -15.8. The number of halogens is 19. The molecule has 0 bridgehead atoms. The molecule has 32 heteroatoms. The fraction of sp³-hybridized carbons (Fsp3) is 0.421. The quantitative estimate of drug-likeness (QED) is 0.119. The van der Waals surface area contributed by atoms with E-state index in [2.05, 4.69) is 36.1 Å². The lowest BCUT2D eigenvalue weighted by molar-refractivity contribution is -0.287. The minimum atomic E-state index is -5.89. The largest absolute Gasteiger partial charge is 0.498 e. The molecule has 1 aliphatic rings. The van der Waals surface area contributed by atoms with Crippen LogP contribution in [0.15, 0.2) is 63.4 Å². The van der Waals surface area contributed by atoms with Crippen molar-refractivity contribution in [3.8, 4) is 11.1 Å². The number of fused-ring (bicyclic) bond motifs is 2. The molecule has 1 saturated heterocycles. The van der Waals surface area contributed by atoms with Gasteiger partial charge in [-0.3, -0.25) is 27.8 Å². The molecule has 0 aromatic carbocycles. The average Bonchev–Trinajstić information content (AvgIpc) is 3.90. The van der Waals surface area contributed by atoms with E-state index in [1.165, 1.54) is 19.2 Å². The van der Waals surface area contributed by atoms with Gasteiger partial charge in [-0.05, 0) is 80.7 Å². The van der Waals surface area contributed by atoms with Crippen molar-refractivity contribution in [2.45, 2.75) is 102 Å². The summed E-state index contributed by atoms with van der Waals surface area (Å²) in [7, 11) is -0.863. The van der Waals surface area contributed by atoms with Crippen LogP contribution in [0.3, 0.4) is 0 Å². The fourth-order valence-corrected chi connectivity index (χ4v) is 6.68. The number of pyridine rings is 2. The Hall–Kier alpha value is -4.94. The Bertz CT molecular complexity index is 3040. The second kappa shape index (κ2) is 18.9. The summed E-state index contributed by atoms with van der Waals surface area (Å²) in [5.74, 6) is -10.0. The van der Waals surface area contributed by atoms with E-state index in [1.807, 2.05) is 0 Å². The Morgan fingerprint density at radius 2 is 1.01 bits per heavy atom. The molecule has 6 aromatic heterocycles. The maximum atomic E-state index is 13.5. The molecule has 0 unspecified atom stereocenters. The number of aromatic nitrogens is 8. The highest BCUT2D eigenvalue weighted by Gasteiger charge is 2.59. The van der Waals surface area contributed by atoms with Crippen molar-refractivity contribution in [3.63, 3.8) is 0 Å². The van der Waals surface area contributed by atoms with E-state index < -0.39 is 106 Å². The summed E-state index contributed by atoms with van der Waals surface area (Å²) >= 11 is 14.3. The molecule has 1 fully saturated rings. The molecule has 0 amide bonds.